The van der Waals surface area contributed by atoms with Crippen LogP contribution in [0.25, 0.3) is 0 Å². The number of hydrogen-bond acceptors (Lipinski definition) is 3. The molecule has 19 heavy (non-hydrogen) atoms. The van der Waals surface area contributed by atoms with Gasteiger partial charge >= 0.3 is 0 Å². The molecule has 0 aliphatic carbocycles. The number of nitrogens with zero attached hydrogens (tertiary/aromatic N) is 2. The van der Waals surface area contributed by atoms with Crippen molar-refractivity contribution < 1.29 is 4.74 Å². The lowest BCUT2D eigenvalue weighted by molar-refractivity contribution is 0.313. The summed E-state index contributed by atoms with van der Waals surface area (Å²) in [7, 11) is 3.87. The van der Waals surface area contributed by atoms with Crippen molar-refractivity contribution in [3.05, 3.63) is 36.9 Å². The number of rotatable bonds is 3. The molecule has 1 aliphatic rings. The highest BCUT2D eigenvalue weighted by atomic mass is 16.5. The van der Waals surface area contributed by atoms with E-state index in [0.29, 0.717) is 0 Å². The predicted octanol–water partition coefficient (Wildman–Crippen LogP) is 3.03. The quantitative estimate of drug-likeness (QED) is 0.779. The lowest BCUT2D eigenvalue weighted by Gasteiger charge is -2.34. The zero-order valence-corrected chi connectivity index (χ0v) is 12.4. The number of ether oxygens (including phenoxy) is 1. The first-order valence-electron chi connectivity index (χ1n) is 6.89. The molecule has 0 atom stereocenters. The third-order valence-corrected chi connectivity index (χ3v) is 3.23. The van der Waals surface area contributed by atoms with Gasteiger partial charge in [-0.05, 0) is 37.7 Å². The normalized spacial score (nSPS) is 15.4. The van der Waals surface area contributed by atoms with Crippen LogP contribution in [0.5, 0.6) is 5.75 Å². The molecule has 0 saturated carbocycles. The van der Waals surface area contributed by atoms with Crippen molar-refractivity contribution in [2.45, 2.75) is 13.3 Å². The molecule has 0 N–H and O–H groups in total. The number of piperazine rings is 1. The third kappa shape index (κ3) is 5.35. The van der Waals surface area contributed by atoms with Crippen molar-refractivity contribution >= 4 is 5.69 Å². The Labute approximate surface area is 117 Å². The van der Waals surface area contributed by atoms with Crippen molar-refractivity contribution in [3.8, 4) is 5.75 Å². The molecule has 3 nitrogen and oxygen atoms in total. The van der Waals surface area contributed by atoms with E-state index in [9.17, 15) is 0 Å². The van der Waals surface area contributed by atoms with Crippen LogP contribution in [0.1, 0.15) is 13.3 Å². The fourth-order valence-corrected chi connectivity index (χ4v) is 1.86. The molecule has 0 bridgehead atoms. The van der Waals surface area contributed by atoms with Gasteiger partial charge in [-0.2, -0.15) is 0 Å². The average Bonchev–Trinajstić information content (AvgIpc) is 2.48. The van der Waals surface area contributed by atoms with Crippen molar-refractivity contribution in [2.24, 2.45) is 0 Å². The van der Waals surface area contributed by atoms with Gasteiger partial charge in [0.15, 0.2) is 0 Å². The molecule has 0 unspecified atom stereocenters. The minimum Gasteiger partial charge on any atom is -0.497 e. The summed E-state index contributed by atoms with van der Waals surface area (Å²) in [5.41, 5.74) is 1.30. The van der Waals surface area contributed by atoms with Crippen LogP contribution in [0.2, 0.25) is 0 Å². The number of benzene rings is 1. The summed E-state index contributed by atoms with van der Waals surface area (Å²) in [6.07, 6.45) is 2.96. The van der Waals surface area contributed by atoms with Crippen molar-refractivity contribution in [1.29, 1.82) is 0 Å². The van der Waals surface area contributed by atoms with Gasteiger partial charge in [-0.3, -0.25) is 0 Å². The Kier molecular flexibility index (Phi) is 7.04. The highest BCUT2D eigenvalue weighted by molar-refractivity contribution is 5.49. The first-order valence-corrected chi connectivity index (χ1v) is 6.89. The maximum absolute atomic E-state index is 5.15. The molecule has 106 valence electrons. The Bertz CT molecular complexity index is 354. The van der Waals surface area contributed by atoms with Crippen LogP contribution in [-0.4, -0.2) is 45.2 Å². The molecule has 1 saturated heterocycles. The molecule has 1 aromatic rings. The first kappa shape index (κ1) is 15.6. The SMILES string of the molecule is C=CCC.COc1ccc(N2CCN(C)CC2)cc1. The second kappa shape index (κ2) is 8.59. The van der Waals surface area contributed by atoms with Crippen molar-refractivity contribution in [3.63, 3.8) is 0 Å². The van der Waals surface area contributed by atoms with Gasteiger partial charge in [0.2, 0.25) is 0 Å². The molecule has 1 heterocycles. The highest BCUT2D eigenvalue weighted by Crippen LogP contribution is 2.19. The summed E-state index contributed by atoms with van der Waals surface area (Å²) in [6, 6.07) is 8.30. The van der Waals surface area contributed by atoms with E-state index in [2.05, 4.69) is 42.5 Å². The van der Waals surface area contributed by atoms with E-state index in [1.807, 2.05) is 18.2 Å². The van der Waals surface area contributed by atoms with Crippen LogP contribution in [0.3, 0.4) is 0 Å². The van der Waals surface area contributed by atoms with Gasteiger partial charge in [-0.25, -0.2) is 0 Å². The Hall–Kier alpha value is -1.48. The Morgan fingerprint density at radius 2 is 1.68 bits per heavy atom. The molecule has 0 aromatic heterocycles. The van der Waals surface area contributed by atoms with Crippen LogP contribution in [0.15, 0.2) is 36.9 Å². The summed E-state index contributed by atoms with van der Waals surface area (Å²) in [5, 5.41) is 0. The lowest BCUT2D eigenvalue weighted by atomic mass is 10.2. The van der Waals surface area contributed by atoms with E-state index in [-0.39, 0.29) is 0 Å². The predicted molar refractivity (Wildman–Crippen MR) is 83.2 cm³/mol. The molecule has 1 aliphatic heterocycles. The van der Waals surface area contributed by atoms with Gasteiger partial charge < -0.3 is 14.5 Å². The summed E-state index contributed by atoms with van der Waals surface area (Å²) >= 11 is 0. The zero-order valence-electron chi connectivity index (χ0n) is 12.4. The number of likely N-dealkylation sites (N-methyl/N-ethyl adjacent to an activating group) is 1. The molecule has 0 spiro atoms. The van der Waals surface area contributed by atoms with Crippen LogP contribution >= 0.6 is 0 Å². The minimum absolute atomic E-state index is 0.924. The van der Waals surface area contributed by atoms with Crippen LogP contribution in [0, 0.1) is 0 Å². The Morgan fingerprint density at radius 1 is 1.16 bits per heavy atom. The van der Waals surface area contributed by atoms with E-state index < -0.39 is 0 Å². The van der Waals surface area contributed by atoms with Crippen LogP contribution in [-0.2, 0) is 0 Å². The van der Waals surface area contributed by atoms with Gasteiger partial charge in [-0.15, -0.1) is 6.58 Å². The van der Waals surface area contributed by atoms with Gasteiger partial charge in [-0.1, -0.05) is 13.0 Å². The molecule has 0 amide bonds. The summed E-state index contributed by atoms with van der Waals surface area (Å²) < 4.78 is 5.15. The Balaban J connectivity index is 0.000000399. The van der Waals surface area contributed by atoms with Crippen LogP contribution in [0.4, 0.5) is 5.69 Å². The zero-order chi connectivity index (χ0) is 14.1. The molecule has 3 heteroatoms. The summed E-state index contributed by atoms with van der Waals surface area (Å²) in [5.74, 6) is 0.924. The molecular weight excluding hydrogens is 236 g/mol. The lowest BCUT2D eigenvalue weighted by Crippen LogP contribution is -2.44. The van der Waals surface area contributed by atoms with Gasteiger partial charge in [0.1, 0.15) is 5.75 Å². The number of methoxy groups -OCH3 is 1. The molecule has 0 radical (unpaired) electrons. The number of anilines is 1. The smallest absolute Gasteiger partial charge is 0.119 e. The highest BCUT2D eigenvalue weighted by Gasteiger charge is 2.13. The van der Waals surface area contributed by atoms with E-state index in [4.69, 9.17) is 4.74 Å². The summed E-state index contributed by atoms with van der Waals surface area (Å²) in [6.45, 7) is 10.1. The second-order valence-corrected chi connectivity index (χ2v) is 4.69. The van der Waals surface area contributed by atoms with Crippen LogP contribution < -0.4 is 9.64 Å². The fourth-order valence-electron chi connectivity index (χ4n) is 1.86. The maximum atomic E-state index is 5.15. The third-order valence-electron chi connectivity index (χ3n) is 3.23. The summed E-state index contributed by atoms with van der Waals surface area (Å²) in [4.78, 5) is 4.78. The van der Waals surface area contributed by atoms with Gasteiger partial charge in [0, 0.05) is 31.9 Å². The number of hydrogen-bond donors (Lipinski definition) is 0. The maximum Gasteiger partial charge on any atom is 0.119 e. The second-order valence-electron chi connectivity index (χ2n) is 4.69. The first-order chi connectivity index (χ1) is 9.21. The monoisotopic (exact) mass is 262 g/mol. The van der Waals surface area contributed by atoms with Crippen molar-refractivity contribution in [1.82, 2.24) is 4.90 Å². The van der Waals surface area contributed by atoms with Gasteiger partial charge in [0.25, 0.3) is 0 Å². The molecule has 1 fully saturated rings. The molecule has 1 aromatic carbocycles. The van der Waals surface area contributed by atoms with E-state index in [0.717, 1.165) is 38.3 Å². The average molecular weight is 262 g/mol. The fraction of sp³-hybridized carbons (Fsp3) is 0.500. The largest absolute Gasteiger partial charge is 0.497 e. The standard InChI is InChI=1S/C12H18N2O.C4H8/c1-13-7-9-14(10-8-13)11-3-5-12(15-2)6-4-11;1-3-4-2/h3-6H,7-10H2,1-2H3;3H,1,4H2,2H3. The van der Waals surface area contributed by atoms with Crippen molar-refractivity contribution in [2.75, 3.05) is 45.2 Å². The number of allylic oxidation sites excluding steroid dienone is 1. The van der Waals surface area contributed by atoms with E-state index in [1.54, 1.807) is 7.11 Å². The van der Waals surface area contributed by atoms with Gasteiger partial charge in [0.05, 0.1) is 7.11 Å². The van der Waals surface area contributed by atoms with E-state index in [1.165, 1.54) is 5.69 Å². The van der Waals surface area contributed by atoms with E-state index >= 15 is 0 Å². The topological polar surface area (TPSA) is 15.7 Å². The molecular formula is C16H26N2O. The molecule has 2 rings (SSSR count). The Morgan fingerprint density at radius 3 is 2.11 bits per heavy atom. The minimum atomic E-state index is 0.924.